The number of furan rings is 2. The third kappa shape index (κ3) is 3.51. The van der Waals surface area contributed by atoms with Crippen molar-refractivity contribution in [1.82, 2.24) is 5.43 Å². The summed E-state index contributed by atoms with van der Waals surface area (Å²) in [5.41, 5.74) is 8.66. The number of nitrogens with one attached hydrogen (secondary N) is 1. The normalized spacial score (nSPS) is 14.7. The van der Waals surface area contributed by atoms with Gasteiger partial charge in [0.05, 0.1) is 25.5 Å². The lowest BCUT2D eigenvalue weighted by Gasteiger charge is -2.13. The van der Waals surface area contributed by atoms with E-state index in [1.165, 1.54) is 7.11 Å². The minimum atomic E-state index is -0.511. The van der Waals surface area contributed by atoms with Crippen molar-refractivity contribution in [3.8, 4) is 0 Å². The van der Waals surface area contributed by atoms with Crippen LogP contribution < -0.4 is 5.43 Å². The fourth-order valence-electron chi connectivity index (χ4n) is 4.17. The number of carbonyl (C=O) groups excluding carboxylic acids is 2. The largest absolute Gasteiger partial charge is 0.464 e. The standard InChI is InChI=1S/C23H24N2O5/c1-12-8-13(2)20-15(11-29-18(20)9-12)10-19(26)25-24-16-6-5-7-17-21(16)14(3)22(30-17)23(27)28-4/h8-9,11H,5-7,10H2,1-4H3,(H,25,26)/b24-16+. The Balaban J connectivity index is 1.55. The topological polar surface area (TPSA) is 94.0 Å². The Morgan fingerprint density at radius 2 is 2.00 bits per heavy atom. The number of carbonyl (C=O) groups is 2. The molecule has 0 radical (unpaired) electrons. The smallest absolute Gasteiger partial charge is 0.374 e. The van der Waals surface area contributed by atoms with E-state index in [2.05, 4.69) is 16.6 Å². The van der Waals surface area contributed by atoms with E-state index in [-0.39, 0.29) is 18.1 Å². The van der Waals surface area contributed by atoms with E-state index in [0.717, 1.165) is 46.1 Å². The van der Waals surface area contributed by atoms with Crippen molar-refractivity contribution < 1.29 is 23.2 Å². The molecule has 156 valence electrons. The maximum Gasteiger partial charge on any atom is 0.374 e. The number of rotatable bonds is 4. The van der Waals surface area contributed by atoms with Crippen molar-refractivity contribution in [2.24, 2.45) is 5.10 Å². The zero-order chi connectivity index (χ0) is 21.4. The van der Waals surface area contributed by atoms with Gasteiger partial charge in [-0.05, 0) is 50.8 Å². The zero-order valence-corrected chi connectivity index (χ0v) is 17.5. The van der Waals surface area contributed by atoms with Crippen LogP contribution in [-0.2, 0) is 22.4 Å². The number of hydrogen-bond acceptors (Lipinski definition) is 6. The first-order valence-electron chi connectivity index (χ1n) is 9.92. The van der Waals surface area contributed by atoms with Crippen LogP contribution in [-0.4, -0.2) is 24.7 Å². The van der Waals surface area contributed by atoms with Gasteiger partial charge in [0.25, 0.3) is 0 Å². The number of ether oxygens (including phenoxy) is 1. The Hall–Kier alpha value is -3.35. The van der Waals surface area contributed by atoms with E-state index in [0.29, 0.717) is 23.5 Å². The van der Waals surface area contributed by atoms with Gasteiger partial charge in [-0.3, -0.25) is 4.79 Å². The molecule has 30 heavy (non-hydrogen) atoms. The second kappa shape index (κ2) is 7.82. The van der Waals surface area contributed by atoms with E-state index in [1.807, 2.05) is 19.9 Å². The molecule has 2 heterocycles. The molecule has 1 aromatic carbocycles. The van der Waals surface area contributed by atoms with E-state index in [9.17, 15) is 9.59 Å². The van der Waals surface area contributed by atoms with Crippen LogP contribution in [0.3, 0.4) is 0 Å². The monoisotopic (exact) mass is 408 g/mol. The Bertz CT molecular complexity index is 1180. The number of nitrogens with zero attached hydrogens (tertiary/aromatic N) is 1. The van der Waals surface area contributed by atoms with Crippen LogP contribution in [0.2, 0.25) is 0 Å². The van der Waals surface area contributed by atoms with Gasteiger partial charge in [-0.25, -0.2) is 10.2 Å². The maximum absolute atomic E-state index is 12.6. The lowest BCUT2D eigenvalue weighted by atomic mass is 9.93. The molecule has 2 aromatic heterocycles. The second-order valence-corrected chi connectivity index (χ2v) is 7.69. The average molecular weight is 408 g/mol. The minimum absolute atomic E-state index is 0.165. The molecule has 1 N–H and O–H groups in total. The third-order valence-corrected chi connectivity index (χ3v) is 5.46. The van der Waals surface area contributed by atoms with Crippen LogP contribution in [0.4, 0.5) is 0 Å². The lowest BCUT2D eigenvalue weighted by molar-refractivity contribution is -0.120. The summed E-state index contributed by atoms with van der Waals surface area (Å²) in [7, 11) is 1.32. The maximum atomic E-state index is 12.6. The summed E-state index contributed by atoms with van der Waals surface area (Å²) in [4.78, 5) is 24.5. The molecule has 3 aromatic rings. The van der Waals surface area contributed by atoms with Gasteiger partial charge < -0.3 is 13.6 Å². The van der Waals surface area contributed by atoms with Gasteiger partial charge in [-0.2, -0.15) is 5.10 Å². The first-order valence-corrected chi connectivity index (χ1v) is 9.92. The van der Waals surface area contributed by atoms with Crippen LogP contribution >= 0.6 is 0 Å². The first-order chi connectivity index (χ1) is 14.4. The van der Waals surface area contributed by atoms with E-state index >= 15 is 0 Å². The van der Waals surface area contributed by atoms with Crippen LogP contribution in [0.15, 0.2) is 32.3 Å². The third-order valence-electron chi connectivity index (χ3n) is 5.46. The molecule has 1 aliphatic rings. The van der Waals surface area contributed by atoms with E-state index < -0.39 is 5.97 Å². The van der Waals surface area contributed by atoms with Gasteiger partial charge in [-0.1, -0.05) is 6.07 Å². The molecule has 0 bridgehead atoms. The highest BCUT2D eigenvalue weighted by atomic mass is 16.5. The molecule has 0 atom stereocenters. The summed E-state index contributed by atoms with van der Waals surface area (Å²) in [5, 5.41) is 5.32. The second-order valence-electron chi connectivity index (χ2n) is 7.69. The van der Waals surface area contributed by atoms with Crippen molar-refractivity contribution >= 4 is 28.6 Å². The van der Waals surface area contributed by atoms with Crippen LogP contribution in [0.5, 0.6) is 0 Å². The van der Waals surface area contributed by atoms with E-state index in [4.69, 9.17) is 13.6 Å². The predicted molar refractivity (Wildman–Crippen MR) is 112 cm³/mol. The molecule has 0 saturated heterocycles. The fourth-order valence-corrected chi connectivity index (χ4v) is 4.17. The summed E-state index contributed by atoms with van der Waals surface area (Å²) in [6, 6.07) is 4.04. The number of hydrazone groups is 1. The summed E-state index contributed by atoms with van der Waals surface area (Å²) in [6.07, 6.45) is 4.05. The molecular formula is C23H24N2O5. The van der Waals surface area contributed by atoms with Gasteiger partial charge in [0.1, 0.15) is 11.3 Å². The Kier molecular flexibility index (Phi) is 5.20. The molecule has 0 unspecified atom stereocenters. The van der Waals surface area contributed by atoms with Gasteiger partial charge in [-0.15, -0.1) is 0 Å². The number of methoxy groups -OCH3 is 1. The molecule has 7 nitrogen and oxygen atoms in total. The molecule has 4 rings (SSSR count). The quantitative estimate of drug-likeness (QED) is 0.517. The van der Waals surface area contributed by atoms with Crippen molar-refractivity contribution in [3.63, 3.8) is 0 Å². The van der Waals surface area contributed by atoms with Gasteiger partial charge in [0.2, 0.25) is 11.7 Å². The molecule has 0 fully saturated rings. The Morgan fingerprint density at radius 1 is 1.20 bits per heavy atom. The Labute approximate surface area is 174 Å². The predicted octanol–water partition coefficient (Wildman–Crippen LogP) is 4.14. The van der Waals surface area contributed by atoms with Gasteiger partial charge in [0.15, 0.2) is 0 Å². The lowest BCUT2D eigenvalue weighted by Crippen LogP contribution is -2.23. The number of amides is 1. The molecule has 1 amide bonds. The van der Waals surface area contributed by atoms with Gasteiger partial charge in [0, 0.05) is 28.5 Å². The fraction of sp³-hybridized carbons (Fsp3) is 0.348. The van der Waals surface area contributed by atoms with Gasteiger partial charge >= 0.3 is 5.97 Å². The minimum Gasteiger partial charge on any atom is -0.464 e. The SMILES string of the molecule is COC(=O)c1oc2c(c1C)/C(=N/NC(=O)Cc1coc3cc(C)cc(C)c13)CCC2. The molecular weight excluding hydrogens is 384 g/mol. The summed E-state index contributed by atoms with van der Waals surface area (Å²) >= 11 is 0. The van der Waals surface area contributed by atoms with Crippen molar-refractivity contribution in [2.75, 3.05) is 7.11 Å². The van der Waals surface area contributed by atoms with Crippen molar-refractivity contribution in [1.29, 1.82) is 0 Å². The molecule has 0 saturated carbocycles. The summed E-state index contributed by atoms with van der Waals surface area (Å²) in [5.74, 6) is 0.160. The molecule has 7 heteroatoms. The number of aryl methyl sites for hydroxylation is 3. The molecule has 1 aliphatic carbocycles. The number of hydrogen-bond donors (Lipinski definition) is 1. The Morgan fingerprint density at radius 3 is 2.77 bits per heavy atom. The van der Waals surface area contributed by atoms with Crippen molar-refractivity contribution in [2.45, 2.75) is 46.5 Å². The van der Waals surface area contributed by atoms with Crippen LogP contribution in [0.25, 0.3) is 11.0 Å². The number of fused-ring (bicyclic) bond motifs is 2. The number of esters is 1. The highest BCUT2D eigenvalue weighted by molar-refractivity contribution is 6.06. The summed E-state index contributed by atoms with van der Waals surface area (Å²) in [6.45, 7) is 5.83. The highest BCUT2D eigenvalue weighted by Crippen LogP contribution is 2.30. The van der Waals surface area contributed by atoms with E-state index in [1.54, 1.807) is 13.2 Å². The zero-order valence-electron chi connectivity index (χ0n) is 17.5. The molecule has 0 aliphatic heterocycles. The van der Waals surface area contributed by atoms with Crippen LogP contribution in [0, 0.1) is 20.8 Å². The average Bonchev–Trinajstić information content (AvgIpc) is 3.27. The highest BCUT2D eigenvalue weighted by Gasteiger charge is 2.28. The number of benzene rings is 1. The first kappa shape index (κ1) is 19.9. The molecule has 0 spiro atoms. The van der Waals surface area contributed by atoms with Crippen molar-refractivity contribution in [3.05, 3.63) is 57.7 Å². The summed E-state index contributed by atoms with van der Waals surface area (Å²) < 4.78 is 16.1. The van der Waals surface area contributed by atoms with Crippen LogP contribution in [0.1, 0.15) is 57.0 Å².